The minimum atomic E-state index is 0.633. The van der Waals surface area contributed by atoms with Crippen molar-refractivity contribution in [1.29, 1.82) is 0 Å². The maximum atomic E-state index is 4.19. The molecule has 84 valence electrons. The Balaban J connectivity index is 2.62. The van der Waals surface area contributed by atoms with Crippen LogP contribution in [0.2, 0.25) is 0 Å². The van der Waals surface area contributed by atoms with Gasteiger partial charge < -0.3 is 10.2 Å². The fraction of sp³-hybridized carbons (Fsp3) is 0.636. The van der Waals surface area contributed by atoms with Gasteiger partial charge in [-0.2, -0.15) is 5.10 Å². The third kappa shape index (κ3) is 3.83. The van der Waals surface area contributed by atoms with Gasteiger partial charge in [0.25, 0.3) is 0 Å². The van der Waals surface area contributed by atoms with Crippen LogP contribution in [0.25, 0.3) is 0 Å². The fourth-order valence-electron chi connectivity index (χ4n) is 1.47. The zero-order valence-electron chi connectivity index (χ0n) is 9.99. The summed E-state index contributed by atoms with van der Waals surface area (Å²) in [6.45, 7) is 6.15. The van der Waals surface area contributed by atoms with Crippen molar-refractivity contribution in [3.8, 4) is 0 Å². The van der Waals surface area contributed by atoms with E-state index in [4.69, 9.17) is 0 Å². The predicted molar refractivity (Wildman–Crippen MR) is 62.9 cm³/mol. The highest BCUT2D eigenvalue weighted by Gasteiger charge is 2.05. The van der Waals surface area contributed by atoms with Gasteiger partial charge in [0, 0.05) is 20.1 Å². The zero-order chi connectivity index (χ0) is 11.3. The van der Waals surface area contributed by atoms with Crippen LogP contribution >= 0.6 is 0 Å². The van der Waals surface area contributed by atoms with E-state index < -0.39 is 0 Å². The second kappa shape index (κ2) is 5.66. The Morgan fingerprint density at radius 3 is 2.53 bits per heavy atom. The number of anilines is 1. The molecule has 0 aliphatic rings. The van der Waals surface area contributed by atoms with Crippen molar-refractivity contribution in [1.82, 2.24) is 15.5 Å². The Bertz CT molecular complexity index is 281. The fourth-order valence-corrected chi connectivity index (χ4v) is 1.47. The summed E-state index contributed by atoms with van der Waals surface area (Å²) in [6, 6.07) is 4.03. The first-order chi connectivity index (χ1) is 7.13. The van der Waals surface area contributed by atoms with E-state index in [2.05, 4.69) is 34.3 Å². The van der Waals surface area contributed by atoms with Crippen molar-refractivity contribution in [2.45, 2.75) is 20.4 Å². The van der Waals surface area contributed by atoms with Crippen LogP contribution in [0.1, 0.15) is 19.5 Å². The lowest BCUT2D eigenvalue weighted by molar-refractivity contribution is 0.631. The summed E-state index contributed by atoms with van der Waals surface area (Å²) in [4.78, 5) is 2.13. The second-order valence-corrected chi connectivity index (χ2v) is 4.19. The molecule has 0 atom stereocenters. The van der Waals surface area contributed by atoms with E-state index in [1.54, 1.807) is 0 Å². The van der Waals surface area contributed by atoms with Crippen molar-refractivity contribution in [3.63, 3.8) is 0 Å². The van der Waals surface area contributed by atoms with Crippen LogP contribution in [0.5, 0.6) is 0 Å². The first-order valence-corrected chi connectivity index (χ1v) is 5.32. The van der Waals surface area contributed by atoms with Crippen LogP contribution < -0.4 is 10.2 Å². The maximum Gasteiger partial charge on any atom is 0.150 e. The van der Waals surface area contributed by atoms with Crippen molar-refractivity contribution < 1.29 is 0 Å². The summed E-state index contributed by atoms with van der Waals surface area (Å²) in [7, 11) is 3.95. The molecule has 0 aliphatic carbocycles. The van der Waals surface area contributed by atoms with E-state index in [1.165, 1.54) is 0 Å². The smallest absolute Gasteiger partial charge is 0.150 e. The lowest BCUT2D eigenvalue weighted by Gasteiger charge is -2.19. The molecule has 1 heterocycles. The molecule has 0 aliphatic heterocycles. The SMILES string of the molecule is CNCc1ccc(N(C)CC(C)C)nn1. The first-order valence-electron chi connectivity index (χ1n) is 5.32. The summed E-state index contributed by atoms with van der Waals surface area (Å²) in [5.74, 6) is 1.57. The molecule has 1 rings (SSSR count). The molecule has 4 heteroatoms. The minimum Gasteiger partial charge on any atom is -0.358 e. The van der Waals surface area contributed by atoms with Gasteiger partial charge in [0.05, 0.1) is 5.69 Å². The lowest BCUT2D eigenvalue weighted by Crippen LogP contribution is -2.24. The van der Waals surface area contributed by atoms with Crippen molar-refractivity contribution in [2.24, 2.45) is 5.92 Å². The number of aromatic nitrogens is 2. The number of rotatable bonds is 5. The van der Waals surface area contributed by atoms with Gasteiger partial charge in [-0.3, -0.25) is 0 Å². The lowest BCUT2D eigenvalue weighted by atomic mass is 10.2. The van der Waals surface area contributed by atoms with Gasteiger partial charge in [-0.1, -0.05) is 13.8 Å². The molecule has 1 aromatic rings. The summed E-state index contributed by atoms with van der Waals surface area (Å²) < 4.78 is 0. The number of nitrogens with zero attached hydrogens (tertiary/aromatic N) is 3. The van der Waals surface area contributed by atoms with Crippen LogP contribution in [-0.2, 0) is 6.54 Å². The number of hydrogen-bond acceptors (Lipinski definition) is 4. The van der Waals surface area contributed by atoms with E-state index in [1.807, 2.05) is 26.2 Å². The zero-order valence-corrected chi connectivity index (χ0v) is 9.99. The van der Waals surface area contributed by atoms with Gasteiger partial charge >= 0.3 is 0 Å². The second-order valence-electron chi connectivity index (χ2n) is 4.19. The van der Waals surface area contributed by atoms with Gasteiger partial charge in [0.2, 0.25) is 0 Å². The minimum absolute atomic E-state index is 0.633. The Hall–Kier alpha value is -1.16. The van der Waals surface area contributed by atoms with Crippen LogP contribution in [-0.4, -0.2) is 30.8 Å². The van der Waals surface area contributed by atoms with Gasteiger partial charge in [0.15, 0.2) is 5.82 Å². The molecule has 0 radical (unpaired) electrons. The van der Waals surface area contributed by atoms with Crippen molar-refractivity contribution in [2.75, 3.05) is 25.5 Å². The molecule has 0 unspecified atom stereocenters. The van der Waals surface area contributed by atoms with Crippen molar-refractivity contribution >= 4 is 5.82 Å². The average molecular weight is 208 g/mol. The van der Waals surface area contributed by atoms with Crippen LogP contribution in [0.3, 0.4) is 0 Å². The van der Waals surface area contributed by atoms with Crippen molar-refractivity contribution in [3.05, 3.63) is 17.8 Å². The third-order valence-corrected chi connectivity index (χ3v) is 2.09. The molecule has 0 amide bonds. The third-order valence-electron chi connectivity index (χ3n) is 2.09. The molecule has 0 aromatic carbocycles. The van der Waals surface area contributed by atoms with E-state index in [0.29, 0.717) is 5.92 Å². The van der Waals surface area contributed by atoms with E-state index in [-0.39, 0.29) is 0 Å². The van der Waals surface area contributed by atoms with Crippen LogP contribution in [0, 0.1) is 5.92 Å². The summed E-state index contributed by atoms with van der Waals surface area (Å²) in [6.07, 6.45) is 0. The van der Waals surface area contributed by atoms with E-state index in [9.17, 15) is 0 Å². The highest BCUT2D eigenvalue weighted by atomic mass is 15.2. The Labute approximate surface area is 91.7 Å². The Morgan fingerprint density at radius 2 is 2.07 bits per heavy atom. The molecule has 0 spiro atoms. The molecule has 15 heavy (non-hydrogen) atoms. The summed E-state index contributed by atoms with van der Waals surface area (Å²) in [5, 5.41) is 11.4. The van der Waals surface area contributed by atoms with Gasteiger partial charge in [-0.25, -0.2) is 0 Å². The standard InChI is InChI=1S/C11H20N4/c1-9(2)8-15(4)11-6-5-10(7-12-3)13-14-11/h5-6,9,12H,7-8H2,1-4H3. The molecule has 1 N–H and O–H groups in total. The topological polar surface area (TPSA) is 41.0 Å². The highest BCUT2D eigenvalue weighted by Crippen LogP contribution is 2.09. The molecule has 0 saturated carbocycles. The predicted octanol–water partition coefficient (Wildman–Crippen LogP) is 1.29. The molecule has 0 bridgehead atoms. The quantitative estimate of drug-likeness (QED) is 0.791. The normalized spacial score (nSPS) is 10.7. The summed E-state index contributed by atoms with van der Waals surface area (Å²) >= 11 is 0. The Morgan fingerprint density at radius 1 is 1.33 bits per heavy atom. The first kappa shape index (κ1) is 11.9. The van der Waals surface area contributed by atoms with Gasteiger partial charge in [-0.15, -0.1) is 5.10 Å². The van der Waals surface area contributed by atoms with Gasteiger partial charge in [0.1, 0.15) is 0 Å². The molecular formula is C11H20N4. The molecular weight excluding hydrogens is 188 g/mol. The van der Waals surface area contributed by atoms with E-state index in [0.717, 1.165) is 24.6 Å². The molecule has 0 saturated heterocycles. The van der Waals surface area contributed by atoms with Crippen LogP contribution in [0.4, 0.5) is 5.82 Å². The van der Waals surface area contributed by atoms with E-state index >= 15 is 0 Å². The largest absolute Gasteiger partial charge is 0.358 e. The number of hydrogen-bond donors (Lipinski definition) is 1. The molecule has 1 aromatic heterocycles. The maximum absolute atomic E-state index is 4.19. The van der Waals surface area contributed by atoms with Gasteiger partial charge in [-0.05, 0) is 25.1 Å². The number of nitrogens with one attached hydrogen (secondary N) is 1. The monoisotopic (exact) mass is 208 g/mol. The highest BCUT2D eigenvalue weighted by molar-refractivity contribution is 5.35. The average Bonchev–Trinajstić information content (AvgIpc) is 2.18. The van der Waals surface area contributed by atoms with Crippen LogP contribution in [0.15, 0.2) is 12.1 Å². The Kier molecular flexibility index (Phi) is 4.49. The summed E-state index contributed by atoms with van der Waals surface area (Å²) in [5.41, 5.74) is 0.971. The molecule has 4 nitrogen and oxygen atoms in total. The molecule has 0 fully saturated rings.